The van der Waals surface area contributed by atoms with E-state index in [0.29, 0.717) is 17.8 Å². The quantitative estimate of drug-likeness (QED) is 0.817. The molecule has 0 aromatic heterocycles. The Morgan fingerprint density at radius 1 is 1.24 bits per heavy atom. The number of hydrogen-bond acceptors (Lipinski definition) is 2. The van der Waals surface area contributed by atoms with E-state index >= 15 is 0 Å². The SMILES string of the molecule is Nc1ccc2c(c1)CCCN2C(=O)c1ccc(F)cc1Cl. The van der Waals surface area contributed by atoms with E-state index in [1.54, 1.807) is 11.0 Å². The fraction of sp³-hybridized carbons (Fsp3) is 0.188. The van der Waals surface area contributed by atoms with Gasteiger partial charge in [0.25, 0.3) is 5.91 Å². The molecule has 0 saturated heterocycles. The Balaban J connectivity index is 2.00. The molecule has 0 fully saturated rings. The summed E-state index contributed by atoms with van der Waals surface area (Å²) in [6.07, 6.45) is 1.75. The van der Waals surface area contributed by atoms with Crippen molar-refractivity contribution >= 4 is 28.9 Å². The minimum Gasteiger partial charge on any atom is -0.399 e. The van der Waals surface area contributed by atoms with Gasteiger partial charge in [-0.15, -0.1) is 0 Å². The van der Waals surface area contributed by atoms with Crippen LogP contribution in [0.4, 0.5) is 15.8 Å². The second kappa shape index (κ2) is 5.37. The van der Waals surface area contributed by atoms with Crippen LogP contribution in [0.15, 0.2) is 36.4 Å². The molecule has 0 unspecified atom stereocenters. The molecule has 3 rings (SSSR count). The molecule has 1 aliphatic heterocycles. The first-order valence-electron chi connectivity index (χ1n) is 6.71. The molecular formula is C16H14ClFN2O. The molecule has 0 saturated carbocycles. The highest BCUT2D eigenvalue weighted by atomic mass is 35.5. The molecule has 2 aromatic rings. The number of fused-ring (bicyclic) bond motifs is 1. The number of carbonyl (C=O) groups excluding carboxylic acids is 1. The first-order chi connectivity index (χ1) is 10.1. The molecule has 5 heteroatoms. The Labute approximate surface area is 127 Å². The van der Waals surface area contributed by atoms with Gasteiger partial charge < -0.3 is 10.6 Å². The van der Waals surface area contributed by atoms with Crippen LogP contribution in [-0.4, -0.2) is 12.5 Å². The molecule has 0 atom stereocenters. The third-order valence-electron chi connectivity index (χ3n) is 3.63. The number of nitrogens with two attached hydrogens (primary N) is 1. The predicted octanol–water partition coefficient (Wildman–Crippen LogP) is 3.65. The van der Waals surface area contributed by atoms with Crippen LogP contribution in [0.1, 0.15) is 22.3 Å². The standard InChI is InChI=1S/C16H14ClFN2O/c17-14-9-11(18)3-5-13(14)16(21)20-7-1-2-10-8-12(19)4-6-15(10)20/h3-6,8-9H,1-2,7,19H2. The summed E-state index contributed by atoms with van der Waals surface area (Å²) >= 11 is 5.99. The number of halogens is 2. The number of amides is 1. The largest absolute Gasteiger partial charge is 0.399 e. The van der Waals surface area contributed by atoms with Crippen LogP contribution in [0.5, 0.6) is 0 Å². The first kappa shape index (κ1) is 13.9. The van der Waals surface area contributed by atoms with Gasteiger partial charge >= 0.3 is 0 Å². The molecule has 3 nitrogen and oxygen atoms in total. The lowest BCUT2D eigenvalue weighted by Crippen LogP contribution is -2.35. The van der Waals surface area contributed by atoms with E-state index in [-0.39, 0.29) is 10.9 Å². The highest BCUT2D eigenvalue weighted by Gasteiger charge is 2.25. The molecule has 2 N–H and O–H groups in total. The Hall–Kier alpha value is -2.07. The maximum Gasteiger partial charge on any atom is 0.259 e. The zero-order chi connectivity index (χ0) is 15.0. The van der Waals surface area contributed by atoms with Gasteiger partial charge in [0.05, 0.1) is 10.6 Å². The van der Waals surface area contributed by atoms with E-state index in [1.165, 1.54) is 12.1 Å². The molecule has 0 bridgehead atoms. The molecule has 21 heavy (non-hydrogen) atoms. The van der Waals surface area contributed by atoms with Crippen LogP contribution in [0, 0.1) is 5.82 Å². The van der Waals surface area contributed by atoms with Crippen molar-refractivity contribution in [1.29, 1.82) is 0 Å². The molecule has 1 heterocycles. The Kier molecular flexibility index (Phi) is 3.55. The van der Waals surface area contributed by atoms with E-state index in [2.05, 4.69) is 0 Å². The van der Waals surface area contributed by atoms with Crippen molar-refractivity contribution in [2.75, 3.05) is 17.2 Å². The molecule has 2 aromatic carbocycles. The van der Waals surface area contributed by atoms with Crippen LogP contribution in [0.3, 0.4) is 0 Å². The smallest absolute Gasteiger partial charge is 0.259 e. The minimum atomic E-state index is -0.455. The molecule has 1 aliphatic rings. The van der Waals surface area contributed by atoms with Crippen molar-refractivity contribution in [2.45, 2.75) is 12.8 Å². The van der Waals surface area contributed by atoms with Crippen LogP contribution in [-0.2, 0) is 6.42 Å². The number of aryl methyl sites for hydroxylation is 1. The van der Waals surface area contributed by atoms with Crippen LogP contribution < -0.4 is 10.6 Å². The third kappa shape index (κ3) is 2.59. The number of benzene rings is 2. The van der Waals surface area contributed by atoms with Gasteiger partial charge in [-0.05, 0) is 54.8 Å². The van der Waals surface area contributed by atoms with Gasteiger partial charge in [-0.25, -0.2) is 4.39 Å². The van der Waals surface area contributed by atoms with E-state index in [1.807, 2.05) is 12.1 Å². The number of nitrogen functional groups attached to an aromatic ring is 1. The van der Waals surface area contributed by atoms with Crippen LogP contribution in [0.25, 0.3) is 0 Å². The third-order valence-corrected chi connectivity index (χ3v) is 3.94. The minimum absolute atomic E-state index is 0.127. The number of carbonyl (C=O) groups is 1. The van der Waals surface area contributed by atoms with Gasteiger partial charge in [0.1, 0.15) is 5.82 Å². The lowest BCUT2D eigenvalue weighted by molar-refractivity contribution is 0.0985. The lowest BCUT2D eigenvalue weighted by Gasteiger charge is -2.30. The van der Waals surface area contributed by atoms with E-state index in [0.717, 1.165) is 30.2 Å². The van der Waals surface area contributed by atoms with E-state index < -0.39 is 5.82 Å². The van der Waals surface area contributed by atoms with Crippen LogP contribution >= 0.6 is 11.6 Å². The summed E-state index contributed by atoms with van der Waals surface area (Å²) in [6.45, 7) is 0.615. The molecule has 0 radical (unpaired) electrons. The molecule has 108 valence electrons. The van der Waals surface area contributed by atoms with Gasteiger partial charge in [-0.3, -0.25) is 4.79 Å². The number of rotatable bonds is 1. The van der Waals surface area contributed by atoms with Crippen molar-refractivity contribution in [3.8, 4) is 0 Å². The zero-order valence-corrected chi connectivity index (χ0v) is 12.0. The van der Waals surface area contributed by atoms with E-state index in [4.69, 9.17) is 17.3 Å². The molecule has 1 amide bonds. The maximum atomic E-state index is 13.1. The summed E-state index contributed by atoms with van der Waals surface area (Å²) < 4.78 is 13.1. The van der Waals surface area contributed by atoms with Gasteiger partial charge in [-0.1, -0.05) is 11.6 Å². The topological polar surface area (TPSA) is 46.3 Å². The summed E-state index contributed by atoms with van der Waals surface area (Å²) in [6, 6.07) is 9.33. The number of anilines is 2. The zero-order valence-electron chi connectivity index (χ0n) is 11.3. The predicted molar refractivity (Wildman–Crippen MR) is 82.3 cm³/mol. The Morgan fingerprint density at radius 2 is 2.05 bits per heavy atom. The summed E-state index contributed by atoms with van der Waals surface area (Å²) in [5.74, 6) is -0.672. The molecule has 0 aliphatic carbocycles. The number of nitrogens with zero attached hydrogens (tertiary/aromatic N) is 1. The summed E-state index contributed by atoms with van der Waals surface area (Å²) in [4.78, 5) is 14.3. The molecule has 0 spiro atoms. The average Bonchev–Trinajstić information content (AvgIpc) is 2.45. The summed E-state index contributed by atoms with van der Waals surface area (Å²) in [5.41, 5.74) is 8.68. The fourth-order valence-corrected chi connectivity index (χ4v) is 2.88. The summed E-state index contributed by atoms with van der Waals surface area (Å²) in [7, 11) is 0. The van der Waals surface area contributed by atoms with Gasteiger partial charge in [-0.2, -0.15) is 0 Å². The van der Waals surface area contributed by atoms with Crippen LogP contribution in [0.2, 0.25) is 5.02 Å². The highest BCUT2D eigenvalue weighted by Crippen LogP contribution is 2.31. The second-order valence-electron chi connectivity index (χ2n) is 5.07. The van der Waals surface area contributed by atoms with Gasteiger partial charge in [0.15, 0.2) is 0 Å². The van der Waals surface area contributed by atoms with E-state index in [9.17, 15) is 9.18 Å². The van der Waals surface area contributed by atoms with Crippen molar-refractivity contribution < 1.29 is 9.18 Å². The van der Waals surface area contributed by atoms with Crippen molar-refractivity contribution in [1.82, 2.24) is 0 Å². The first-order valence-corrected chi connectivity index (χ1v) is 7.09. The average molecular weight is 305 g/mol. The van der Waals surface area contributed by atoms with Crippen molar-refractivity contribution in [2.24, 2.45) is 0 Å². The number of hydrogen-bond donors (Lipinski definition) is 1. The van der Waals surface area contributed by atoms with Crippen molar-refractivity contribution in [3.05, 3.63) is 58.4 Å². The Bertz CT molecular complexity index is 717. The second-order valence-corrected chi connectivity index (χ2v) is 5.48. The lowest BCUT2D eigenvalue weighted by atomic mass is 10.00. The van der Waals surface area contributed by atoms with Crippen molar-refractivity contribution in [3.63, 3.8) is 0 Å². The van der Waals surface area contributed by atoms with Gasteiger partial charge in [0.2, 0.25) is 0 Å². The molecular weight excluding hydrogens is 291 g/mol. The highest BCUT2D eigenvalue weighted by molar-refractivity contribution is 6.34. The summed E-state index contributed by atoms with van der Waals surface area (Å²) in [5, 5.41) is 0.127. The normalized spacial score (nSPS) is 13.9. The monoisotopic (exact) mass is 304 g/mol. The fourth-order valence-electron chi connectivity index (χ4n) is 2.64. The Morgan fingerprint density at radius 3 is 2.81 bits per heavy atom. The maximum absolute atomic E-state index is 13.1. The van der Waals surface area contributed by atoms with Gasteiger partial charge in [0, 0.05) is 17.9 Å².